The number of hydrogen-bond acceptors (Lipinski definition) is 4. The van der Waals surface area contributed by atoms with E-state index >= 15 is 0 Å². The largest absolute Gasteiger partial charge is 0.378 e. The van der Waals surface area contributed by atoms with Gasteiger partial charge in [0.15, 0.2) is 0 Å². The normalized spacial score (nSPS) is 22.8. The highest BCUT2D eigenvalue weighted by Crippen LogP contribution is 2.14. The van der Waals surface area contributed by atoms with Crippen LogP contribution in [-0.4, -0.2) is 40.0 Å². The first-order valence-electron chi connectivity index (χ1n) is 4.91. The number of nitrogens with two attached hydrogens (primary N) is 1. The monoisotopic (exact) mass is 222 g/mol. The molecule has 0 bridgehead atoms. The van der Waals surface area contributed by atoms with Crippen molar-refractivity contribution in [1.29, 1.82) is 0 Å². The molecule has 1 atom stereocenters. The fourth-order valence-electron chi connectivity index (χ4n) is 1.47. The Morgan fingerprint density at radius 3 is 2.79 bits per heavy atom. The fraction of sp³-hybridized carbons (Fsp3) is 1.00. The lowest BCUT2D eigenvalue weighted by molar-refractivity contribution is 0.104. The van der Waals surface area contributed by atoms with Crippen LogP contribution in [0.15, 0.2) is 0 Å². The molecule has 0 radical (unpaired) electrons. The Morgan fingerprint density at radius 2 is 2.21 bits per heavy atom. The Morgan fingerprint density at radius 1 is 1.43 bits per heavy atom. The zero-order valence-electron chi connectivity index (χ0n) is 8.24. The topological polar surface area (TPSA) is 81.4 Å². The van der Waals surface area contributed by atoms with Gasteiger partial charge in [0.2, 0.25) is 10.0 Å². The molecular weight excluding hydrogens is 204 g/mol. The molecule has 1 heterocycles. The van der Waals surface area contributed by atoms with Gasteiger partial charge in [-0.1, -0.05) is 0 Å². The highest BCUT2D eigenvalue weighted by molar-refractivity contribution is 7.89. The van der Waals surface area contributed by atoms with Crippen LogP contribution in [0.25, 0.3) is 0 Å². The van der Waals surface area contributed by atoms with E-state index in [1.54, 1.807) is 0 Å². The Hall–Kier alpha value is -0.170. The van der Waals surface area contributed by atoms with Crippen molar-refractivity contribution in [3.8, 4) is 0 Å². The van der Waals surface area contributed by atoms with Crippen molar-refractivity contribution in [2.75, 3.05) is 25.4 Å². The average molecular weight is 222 g/mol. The smallest absolute Gasteiger partial charge is 0.210 e. The van der Waals surface area contributed by atoms with Gasteiger partial charge in [0.1, 0.15) is 0 Å². The van der Waals surface area contributed by atoms with E-state index < -0.39 is 10.0 Å². The second kappa shape index (κ2) is 5.65. The van der Waals surface area contributed by atoms with Crippen LogP contribution < -0.4 is 10.5 Å². The molecule has 0 spiro atoms. The van der Waals surface area contributed by atoms with Crippen molar-refractivity contribution < 1.29 is 13.2 Å². The van der Waals surface area contributed by atoms with E-state index in [0.717, 1.165) is 32.4 Å². The van der Waals surface area contributed by atoms with Crippen LogP contribution in [0.5, 0.6) is 0 Å². The third-order valence-electron chi connectivity index (χ3n) is 2.23. The van der Waals surface area contributed by atoms with Crippen LogP contribution in [0.2, 0.25) is 0 Å². The SMILES string of the molecule is NS(=O)(=O)CCNCCC1CCCO1. The number of rotatable bonds is 6. The van der Waals surface area contributed by atoms with E-state index in [-0.39, 0.29) is 5.75 Å². The molecule has 6 heteroatoms. The van der Waals surface area contributed by atoms with Gasteiger partial charge in [-0.25, -0.2) is 13.6 Å². The summed E-state index contributed by atoms with van der Waals surface area (Å²) in [6, 6.07) is 0. The van der Waals surface area contributed by atoms with Gasteiger partial charge in [0.25, 0.3) is 0 Å². The van der Waals surface area contributed by atoms with Gasteiger partial charge in [-0.15, -0.1) is 0 Å². The van der Waals surface area contributed by atoms with Crippen molar-refractivity contribution in [3.63, 3.8) is 0 Å². The zero-order valence-corrected chi connectivity index (χ0v) is 9.05. The number of ether oxygens (including phenoxy) is 1. The van der Waals surface area contributed by atoms with E-state index in [2.05, 4.69) is 5.32 Å². The van der Waals surface area contributed by atoms with Gasteiger partial charge in [-0.05, 0) is 25.8 Å². The third kappa shape index (κ3) is 5.54. The van der Waals surface area contributed by atoms with Crippen LogP contribution in [0, 0.1) is 0 Å². The number of sulfonamides is 1. The van der Waals surface area contributed by atoms with E-state index in [9.17, 15) is 8.42 Å². The number of nitrogens with one attached hydrogen (secondary N) is 1. The lowest BCUT2D eigenvalue weighted by Crippen LogP contribution is -2.29. The Bertz CT molecular complexity index is 247. The standard InChI is InChI=1S/C8H18N2O3S/c9-14(11,12)7-5-10-4-3-8-2-1-6-13-8/h8,10H,1-7H2,(H2,9,11,12). The molecule has 1 aliphatic rings. The summed E-state index contributed by atoms with van der Waals surface area (Å²) in [6.07, 6.45) is 3.57. The highest BCUT2D eigenvalue weighted by atomic mass is 32.2. The van der Waals surface area contributed by atoms with E-state index in [4.69, 9.17) is 9.88 Å². The molecule has 1 unspecified atom stereocenters. The number of primary sulfonamides is 1. The Balaban J connectivity index is 1.94. The maximum absolute atomic E-state index is 10.6. The molecule has 0 aromatic carbocycles. The van der Waals surface area contributed by atoms with Crippen molar-refractivity contribution in [2.24, 2.45) is 5.14 Å². The summed E-state index contributed by atoms with van der Waals surface area (Å²) in [5, 5.41) is 7.88. The summed E-state index contributed by atoms with van der Waals surface area (Å²) >= 11 is 0. The molecule has 84 valence electrons. The first kappa shape index (κ1) is 11.9. The molecule has 5 nitrogen and oxygen atoms in total. The minimum absolute atomic E-state index is 0.00146. The predicted octanol–water partition coefficient (Wildman–Crippen LogP) is -0.566. The summed E-state index contributed by atoms with van der Waals surface area (Å²) in [5.41, 5.74) is 0. The fourth-order valence-corrected chi connectivity index (χ4v) is 1.90. The van der Waals surface area contributed by atoms with Gasteiger partial charge in [0.05, 0.1) is 11.9 Å². The van der Waals surface area contributed by atoms with Crippen LogP contribution in [0.3, 0.4) is 0 Å². The molecule has 0 aromatic rings. The van der Waals surface area contributed by atoms with Crippen LogP contribution >= 0.6 is 0 Å². The average Bonchev–Trinajstić information content (AvgIpc) is 2.54. The van der Waals surface area contributed by atoms with Crippen molar-refractivity contribution in [2.45, 2.75) is 25.4 Å². The molecule has 3 N–H and O–H groups in total. The predicted molar refractivity (Wildman–Crippen MR) is 54.4 cm³/mol. The molecular formula is C8H18N2O3S. The van der Waals surface area contributed by atoms with Gasteiger partial charge >= 0.3 is 0 Å². The summed E-state index contributed by atoms with van der Waals surface area (Å²) in [6.45, 7) is 2.08. The van der Waals surface area contributed by atoms with Gasteiger partial charge in [-0.3, -0.25) is 0 Å². The summed E-state index contributed by atoms with van der Waals surface area (Å²) in [7, 11) is -3.32. The summed E-state index contributed by atoms with van der Waals surface area (Å²) in [5.74, 6) is -0.00146. The van der Waals surface area contributed by atoms with Crippen molar-refractivity contribution in [3.05, 3.63) is 0 Å². The molecule has 1 fully saturated rings. The quantitative estimate of drug-likeness (QED) is 0.590. The van der Waals surface area contributed by atoms with Gasteiger partial charge < -0.3 is 10.1 Å². The molecule has 0 saturated carbocycles. The second-order valence-corrected chi connectivity index (χ2v) is 5.27. The number of hydrogen-bond donors (Lipinski definition) is 2. The minimum Gasteiger partial charge on any atom is -0.378 e. The first-order chi connectivity index (χ1) is 6.58. The van der Waals surface area contributed by atoms with Crippen molar-refractivity contribution >= 4 is 10.0 Å². The third-order valence-corrected chi connectivity index (χ3v) is 3.00. The molecule has 1 rings (SSSR count). The molecule has 1 aliphatic heterocycles. The minimum atomic E-state index is -3.32. The summed E-state index contributed by atoms with van der Waals surface area (Å²) < 4.78 is 26.5. The van der Waals surface area contributed by atoms with Crippen LogP contribution in [0.1, 0.15) is 19.3 Å². The van der Waals surface area contributed by atoms with Crippen LogP contribution in [-0.2, 0) is 14.8 Å². The maximum atomic E-state index is 10.6. The highest BCUT2D eigenvalue weighted by Gasteiger charge is 2.14. The van der Waals surface area contributed by atoms with Crippen molar-refractivity contribution in [1.82, 2.24) is 5.32 Å². The zero-order chi connectivity index (χ0) is 10.4. The van der Waals surface area contributed by atoms with E-state index in [0.29, 0.717) is 12.6 Å². The first-order valence-corrected chi connectivity index (χ1v) is 6.62. The second-order valence-electron chi connectivity index (χ2n) is 3.54. The van der Waals surface area contributed by atoms with E-state index in [1.807, 2.05) is 0 Å². The maximum Gasteiger partial charge on any atom is 0.210 e. The van der Waals surface area contributed by atoms with Gasteiger partial charge in [-0.2, -0.15) is 0 Å². The molecule has 0 amide bonds. The van der Waals surface area contributed by atoms with E-state index in [1.165, 1.54) is 0 Å². The Kier molecular flexibility index (Phi) is 4.80. The molecule has 14 heavy (non-hydrogen) atoms. The Labute approximate surface area is 85.1 Å². The lowest BCUT2D eigenvalue weighted by atomic mass is 10.2. The summed E-state index contributed by atoms with van der Waals surface area (Å²) in [4.78, 5) is 0. The molecule has 0 aromatic heterocycles. The van der Waals surface area contributed by atoms with Gasteiger partial charge in [0, 0.05) is 13.2 Å². The van der Waals surface area contributed by atoms with Crippen LogP contribution in [0.4, 0.5) is 0 Å². The lowest BCUT2D eigenvalue weighted by Gasteiger charge is -2.09. The molecule has 1 saturated heterocycles. The molecule has 0 aliphatic carbocycles.